The van der Waals surface area contributed by atoms with Gasteiger partial charge >= 0.3 is 5.97 Å². The number of aryl methyl sites for hydroxylation is 1. The molecule has 5 aromatic rings. The Morgan fingerprint density at radius 2 is 1.83 bits per heavy atom. The Bertz CT molecular complexity index is 1730. The lowest BCUT2D eigenvalue weighted by atomic mass is 9.95. The standard InChI is InChI=1S/C31H31N5O3S2/c1-3-23(28(37)33-29-25(30(38)39-4-2)21-15-9-11-17-24(21)40-29)41-31-32-27-26(34-35-31)20-14-8-10-16-22(20)36(27)18-19-12-6-5-7-13-19/h5-8,10,12-14,16,23H,3-4,9,11,15,17-18H2,1-2H3,(H,33,37). The van der Waals surface area contributed by atoms with E-state index in [-0.39, 0.29) is 18.5 Å². The molecule has 1 aliphatic carbocycles. The minimum Gasteiger partial charge on any atom is -0.462 e. The van der Waals surface area contributed by atoms with Crippen molar-refractivity contribution >= 4 is 62.0 Å². The Kier molecular flexibility index (Phi) is 8.02. The number of hydrogen-bond acceptors (Lipinski definition) is 8. The summed E-state index contributed by atoms with van der Waals surface area (Å²) in [5.74, 6) is -0.553. The maximum atomic E-state index is 13.5. The first-order valence-electron chi connectivity index (χ1n) is 14.0. The predicted molar refractivity (Wildman–Crippen MR) is 164 cm³/mol. The third kappa shape index (κ3) is 5.46. The van der Waals surface area contributed by atoms with Crippen molar-refractivity contribution in [3.63, 3.8) is 0 Å². The van der Waals surface area contributed by atoms with Crippen LogP contribution in [0.4, 0.5) is 5.00 Å². The Morgan fingerprint density at radius 1 is 1.05 bits per heavy atom. The molecule has 1 unspecified atom stereocenters. The number of carbonyl (C=O) groups excluding carboxylic acids is 2. The molecule has 0 fully saturated rings. The second-order valence-electron chi connectivity index (χ2n) is 9.99. The van der Waals surface area contributed by atoms with Crippen molar-refractivity contribution in [3.05, 3.63) is 76.2 Å². The van der Waals surface area contributed by atoms with Crippen molar-refractivity contribution in [1.29, 1.82) is 0 Å². The number of nitrogens with one attached hydrogen (secondary N) is 1. The second kappa shape index (κ2) is 12.0. The summed E-state index contributed by atoms with van der Waals surface area (Å²) >= 11 is 2.79. The van der Waals surface area contributed by atoms with Gasteiger partial charge in [0.15, 0.2) is 5.65 Å². The van der Waals surface area contributed by atoms with Crippen LogP contribution < -0.4 is 5.32 Å². The molecule has 1 atom stereocenters. The maximum absolute atomic E-state index is 13.5. The number of amides is 1. The highest BCUT2D eigenvalue weighted by Crippen LogP contribution is 2.39. The third-order valence-corrected chi connectivity index (χ3v) is 9.76. The van der Waals surface area contributed by atoms with Gasteiger partial charge in [0.25, 0.3) is 0 Å². The summed E-state index contributed by atoms with van der Waals surface area (Å²) in [4.78, 5) is 32.5. The number of thioether (sulfide) groups is 1. The van der Waals surface area contributed by atoms with Crippen molar-refractivity contribution in [2.24, 2.45) is 0 Å². The number of benzene rings is 2. The van der Waals surface area contributed by atoms with Crippen molar-refractivity contribution in [3.8, 4) is 0 Å². The van der Waals surface area contributed by atoms with Gasteiger partial charge in [-0.05, 0) is 56.2 Å². The number of esters is 1. The van der Waals surface area contributed by atoms with Crippen LogP contribution in [0.1, 0.15) is 59.5 Å². The highest BCUT2D eigenvalue weighted by atomic mass is 32.2. The molecule has 0 radical (unpaired) electrons. The molecule has 0 saturated heterocycles. The fourth-order valence-electron chi connectivity index (χ4n) is 5.38. The first kappa shape index (κ1) is 27.4. The lowest BCUT2D eigenvalue weighted by Crippen LogP contribution is -2.25. The van der Waals surface area contributed by atoms with E-state index in [4.69, 9.17) is 9.72 Å². The van der Waals surface area contributed by atoms with Crippen LogP contribution >= 0.6 is 23.1 Å². The van der Waals surface area contributed by atoms with Crippen molar-refractivity contribution in [1.82, 2.24) is 19.7 Å². The Morgan fingerprint density at radius 3 is 2.63 bits per heavy atom. The zero-order valence-electron chi connectivity index (χ0n) is 23.1. The molecule has 3 heterocycles. The molecule has 6 rings (SSSR count). The summed E-state index contributed by atoms with van der Waals surface area (Å²) in [5, 5.41) is 13.6. The normalized spacial score (nSPS) is 13.7. The minimum atomic E-state index is -0.463. The molecule has 0 aliphatic heterocycles. The van der Waals surface area contributed by atoms with Gasteiger partial charge in [-0.15, -0.1) is 21.5 Å². The molecule has 0 spiro atoms. The van der Waals surface area contributed by atoms with Crippen LogP contribution in [0.3, 0.4) is 0 Å². The Balaban J connectivity index is 1.29. The Labute approximate surface area is 246 Å². The van der Waals surface area contributed by atoms with Gasteiger partial charge in [-0.1, -0.05) is 67.2 Å². The third-order valence-electron chi connectivity index (χ3n) is 7.34. The number of ether oxygens (including phenoxy) is 1. The summed E-state index contributed by atoms with van der Waals surface area (Å²) in [7, 11) is 0. The summed E-state index contributed by atoms with van der Waals surface area (Å²) in [6, 6.07) is 18.3. The van der Waals surface area contributed by atoms with E-state index in [0.29, 0.717) is 28.7 Å². The number of hydrogen-bond donors (Lipinski definition) is 1. The molecule has 41 heavy (non-hydrogen) atoms. The Hall–Kier alpha value is -3.76. The van der Waals surface area contributed by atoms with Gasteiger partial charge in [0, 0.05) is 16.8 Å². The minimum absolute atomic E-state index is 0.185. The molecular weight excluding hydrogens is 555 g/mol. The van der Waals surface area contributed by atoms with Crippen LogP contribution in [0.25, 0.3) is 22.1 Å². The maximum Gasteiger partial charge on any atom is 0.341 e. The van der Waals surface area contributed by atoms with Crippen LogP contribution in [-0.4, -0.2) is 43.5 Å². The number of para-hydroxylation sites is 1. The van der Waals surface area contributed by atoms with Gasteiger partial charge in [-0.2, -0.15) is 0 Å². The highest BCUT2D eigenvalue weighted by molar-refractivity contribution is 8.00. The van der Waals surface area contributed by atoms with Crippen molar-refractivity contribution in [2.45, 2.75) is 62.9 Å². The average Bonchev–Trinajstić information content (AvgIpc) is 3.51. The number of rotatable bonds is 9. The fraction of sp³-hybridized carbons (Fsp3) is 0.323. The van der Waals surface area contributed by atoms with Gasteiger partial charge in [0.1, 0.15) is 10.5 Å². The van der Waals surface area contributed by atoms with Crippen LogP contribution in [0.2, 0.25) is 0 Å². The number of thiophene rings is 1. The quantitative estimate of drug-likeness (QED) is 0.153. The SMILES string of the molecule is CCOC(=O)c1c(NC(=O)C(CC)Sc2nnc3c4ccccc4n(Cc4ccccc4)c3n2)sc2c1CCCC2. The number of anilines is 1. The van der Waals surface area contributed by atoms with Gasteiger partial charge in [0.2, 0.25) is 11.1 Å². The zero-order valence-corrected chi connectivity index (χ0v) is 24.7. The summed E-state index contributed by atoms with van der Waals surface area (Å²) in [6.45, 7) is 4.69. The summed E-state index contributed by atoms with van der Waals surface area (Å²) in [6.07, 6.45) is 4.43. The van der Waals surface area contributed by atoms with E-state index in [2.05, 4.69) is 38.3 Å². The largest absolute Gasteiger partial charge is 0.462 e. The van der Waals surface area contributed by atoms with Crippen LogP contribution in [0.15, 0.2) is 59.8 Å². The van der Waals surface area contributed by atoms with Crippen molar-refractivity contribution < 1.29 is 14.3 Å². The van der Waals surface area contributed by atoms with Crippen molar-refractivity contribution in [2.75, 3.05) is 11.9 Å². The molecule has 2 aromatic carbocycles. The zero-order chi connectivity index (χ0) is 28.3. The first-order valence-corrected chi connectivity index (χ1v) is 15.7. The smallest absolute Gasteiger partial charge is 0.341 e. The molecule has 3 aromatic heterocycles. The van der Waals surface area contributed by atoms with Crippen LogP contribution in [0.5, 0.6) is 0 Å². The van der Waals surface area contributed by atoms with Gasteiger partial charge in [0.05, 0.1) is 22.9 Å². The van der Waals surface area contributed by atoms with Gasteiger partial charge < -0.3 is 14.6 Å². The van der Waals surface area contributed by atoms with E-state index in [0.717, 1.165) is 58.9 Å². The fourth-order valence-corrected chi connectivity index (χ4v) is 7.47. The molecule has 8 nitrogen and oxygen atoms in total. The molecule has 210 valence electrons. The topological polar surface area (TPSA) is 99.0 Å². The molecule has 1 aliphatic rings. The molecular formula is C31H31N5O3S2. The first-order chi connectivity index (χ1) is 20.1. The number of carbonyl (C=O) groups is 2. The van der Waals surface area contributed by atoms with E-state index < -0.39 is 5.25 Å². The number of fused-ring (bicyclic) bond motifs is 4. The van der Waals surface area contributed by atoms with Gasteiger partial charge in [-0.25, -0.2) is 9.78 Å². The number of aromatic nitrogens is 4. The van der Waals surface area contributed by atoms with Crippen LogP contribution in [0, 0.1) is 0 Å². The molecule has 0 bridgehead atoms. The predicted octanol–water partition coefficient (Wildman–Crippen LogP) is 6.65. The average molecular weight is 586 g/mol. The van der Waals surface area contributed by atoms with E-state index >= 15 is 0 Å². The summed E-state index contributed by atoms with van der Waals surface area (Å²) < 4.78 is 7.51. The highest BCUT2D eigenvalue weighted by Gasteiger charge is 2.29. The molecule has 10 heteroatoms. The van der Waals surface area contributed by atoms with E-state index in [1.807, 2.05) is 43.3 Å². The molecule has 0 saturated carbocycles. The van der Waals surface area contributed by atoms with Crippen LogP contribution in [-0.2, 0) is 28.9 Å². The number of nitrogens with zero attached hydrogens (tertiary/aromatic N) is 4. The second-order valence-corrected chi connectivity index (χ2v) is 12.3. The molecule has 1 N–H and O–H groups in total. The van der Waals surface area contributed by atoms with E-state index in [9.17, 15) is 9.59 Å². The lowest BCUT2D eigenvalue weighted by Gasteiger charge is -2.14. The summed E-state index contributed by atoms with van der Waals surface area (Å²) in [5.41, 5.74) is 5.21. The van der Waals surface area contributed by atoms with E-state index in [1.54, 1.807) is 6.92 Å². The monoisotopic (exact) mass is 585 g/mol. The lowest BCUT2D eigenvalue weighted by molar-refractivity contribution is -0.115. The van der Waals surface area contributed by atoms with Gasteiger partial charge in [-0.3, -0.25) is 4.79 Å². The molecule has 1 amide bonds. The van der Waals surface area contributed by atoms with E-state index in [1.165, 1.54) is 28.0 Å².